The number of non-ortho nitro benzene ring substituents is 1. The van der Waals surface area contributed by atoms with Gasteiger partial charge in [0.1, 0.15) is 0 Å². The minimum Gasteiger partial charge on any atom is -0.289 e. The summed E-state index contributed by atoms with van der Waals surface area (Å²) in [4.78, 5) is 21.3. The highest BCUT2D eigenvalue weighted by Crippen LogP contribution is 2.21. The number of nitro groups is 1. The van der Waals surface area contributed by atoms with Crippen molar-refractivity contribution in [1.82, 2.24) is 9.79 Å². The van der Waals surface area contributed by atoms with Gasteiger partial charge >= 0.3 is 0 Å². The summed E-state index contributed by atoms with van der Waals surface area (Å²) in [6.07, 6.45) is 0. The summed E-state index contributed by atoms with van der Waals surface area (Å²) in [5.41, 5.74) is 1.78. The molecule has 0 atom stereocenters. The molecule has 0 radical (unpaired) electrons. The van der Waals surface area contributed by atoms with E-state index in [9.17, 15) is 23.3 Å². The molecule has 25 heavy (non-hydrogen) atoms. The van der Waals surface area contributed by atoms with Crippen LogP contribution in [0.4, 0.5) is 5.69 Å². The number of amides is 1. The van der Waals surface area contributed by atoms with Crippen molar-refractivity contribution in [3.05, 3.63) is 70.3 Å². The van der Waals surface area contributed by atoms with E-state index < -0.39 is 27.4 Å². The van der Waals surface area contributed by atoms with Gasteiger partial charge < -0.3 is 0 Å². The van der Waals surface area contributed by atoms with Crippen molar-refractivity contribution in [2.24, 2.45) is 0 Å². The van der Waals surface area contributed by atoms with Gasteiger partial charge in [0.2, 0.25) is 10.0 Å². The Kier molecular flexibility index (Phi) is 5.80. The van der Waals surface area contributed by atoms with Crippen LogP contribution in [-0.2, 0) is 21.4 Å². The number of carbonyl (C=O) groups excluding carboxylic acids is 1. The maximum atomic E-state index is 12.8. The summed E-state index contributed by atoms with van der Waals surface area (Å²) < 4.78 is 26.4. The summed E-state index contributed by atoms with van der Waals surface area (Å²) in [6.45, 7) is -0.710. The number of benzene rings is 2. The number of rotatable bonds is 7. The van der Waals surface area contributed by atoms with Crippen molar-refractivity contribution in [2.75, 3.05) is 6.54 Å². The number of nitrogens with zero attached hydrogens (tertiary/aromatic N) is 2. The molecule has 0 aliphatic rings. The molecule has 1 amide bonds. The van der Waals surface area contributed by atoms with Crippen LogP contribution < -0.4 is 5.48 Å². The fourth-order valence-corrected chi connectivity index (χ4v) is 3.48. The van der Waals surface area contributed by atoms with E-state index >= 15 is 0 Å². The zero-order valence-electron chi connectivity index (χ0n) is 12.9. The Morgan fingerprint density at radius 3 is 2.24 bits per heavy atom. The van der Waals surface area contributed by atoms with Crippen LogP contribution in [0.25, 0.3) is 0 Å². The van der Waals surface area contributed by atoms with Crippen LogP contribution in [0.1, 0.15) is 5.56 Å². The molecule has 2 N–H and O–H groups in total. The van der Waals surface area contributed by atoms with Crippen molar-refractivity contribution < 1.29 is 23.3 Å². The second kappa shape index (κ2) is 7.83. The van der Waals surface area contributed by atoms with Gasteiger partial charge in [-0.1, -0.05) is 30.3 Å². The third kappa shape index (κ3) is 4.59. The number of nitrogens with one attached hydrogen (secondary N) is 1. The monoisotopic (exact) mass is 365 g/mol. The van der Waals surface area contributed by atoms with Gasteiger partial charge in [-0.3, -0.25) is 20.1 Å². The number of nitro benzene ring substituents is 1. The molecule has 0 unspecified atom stereocenters. The first-order valence-electron chi connectivity index (χ1n) is 7.06. The number of hydroxylamine groups is 1. The Balaban J connectivity index is 2.36. The Bertz CT molecular complexity index is 853. The molecule has 0 aliphatic heterocycles. The predicted octanol–water partition coefficient (Wildman–Crippen LogP) is 1.29. The molecule has 0 aliphatic carbocycles. The molecular formula is C15H15N3O6S. The molecule has 9 nitrogen and oxygen atoms in total. The normalized spacial score (nSPS) is 11.3. The lowest BCUT2D eigenvalue weighted by atomic mass is 10.2. The van der Waals surface area contributed by atoms with E-state index in [1.165, 1.54) is 5.48 Å². The summed E-state index contributed by atoms with van der Waals surface area (Å²) in [5.74, 6) is -0.901. The van der Waals surface area contributed by atoms with Gasteiger partial charge in [-0.2, -0.15) is 4.31 Å². The Labute approximate surface area is 143 Å². The van der Waals surface area contributed by atoms with Gasteiger partial charge in [-0.05, 0) is 17.7 Å². The summed E-state index contributed by atoms with van der Waals surface area (Å²) in [6, 6.07) is 12.9. The van der Waals surface area contributed by atoms with E-state index in [4.69, 9.17) is 5.21 Å². The summed E-state index contributed by atoms with van der Waals surface area (Å²) in [7, 11) is -4.11. The Morgan fingerprint density at radius 1 is 1.12 bits per heavy atom. The number of carbonyl (C=O) groups is 1. The van der Waals surface area contributed by atoms with Crippen LogP contribution in [-0.4, -0.2) is 35.3 Å². The molecule has 0 bridgehead atoms. The first-order chi connectivity index (χ1) is 11.8. The van der Waals surface area contributed by atoms with Crippen molar-refractivity contribution >= 4 is 21.6 Å². The third-order valence-electron chi connectivity index (χ3n) is 3.33. The molecular weight excluding hydrogens is 350 g/mol. The number of hydrogen-bond acceptors (Lipinski definition) is 6. The van der Waals surface area contributed by atoms with E-state index in [-0.39, 0.29) is 17.1 Å². The second-order valence-corrected chi connectivity index (χ2v) is 6.98. The first-order valence-corrected chi connectivity index (χ1v) is 8.50. The van der Waals surface area contributed by atoms with E-state index in [0.29, 0.717) is 5.56 Å². The molecule has 132 valence electrons. The molecule has 0 aromatic heterocycles. The topological polar surface area (TPSA) is 130 Å². The maximum Gasteiger partial charge on any atom is 0.269 e. The average Bonchev–Trinajstić information content (AvgIpc) is 2.62. The fourth-order valence-electron chi connectivity index (χ4n) is 2.10. The van der Waals surface area contributed by atoms with Gasteiger partial charge in [0, 0.05) is 18.7 Å². The van der Waals surface area contributed by atoms with E-state index in [0.717, 1.165) is 28.6 Å². The highest BCUT2D eigenvalue weighted by molar-refractivity contribution is 7.89. The molecule has 0 spiro atoms. The lowest BCUT2D eigenvalue weighted by Gasteiger charge is -2.21. The quantitative estimate of drug-likeness (QED) is 0.432. The second-order valence-electron chi connectivity index (χ2n) is 5.04. The van der Waals surface area contributed by atoms with Crippen LogP contribution in [0.2, 0.25) is 0 Å². The summed E-state index contributed by atoms with van der Waals surface area (Å²) in [5, 5.41) is 19.4. The predicted molar refractivity (Wildman–Crippen MR) is 87.1 cm³/mol. The average molecular weight is 365 g/mol. The van der Waals surface area contributed by atoms with Crippen molar-refractivity contribution in [2.45, 2.75) is 11.4 Å². The lowest BCUT2D eigenvalue weighted by molar-refractivity contribution is -0.384. The van der Waals surface area contributed by atoms with Crippen LogP contribution in [0.5, 0.6) is 0 Å². The van der Waals surface area contributed by atoms with Gasteiger partial charge in [0.15, 0.2) is 0 Å². The Morgan fingerprint density at radius 2 is 1.72 bits per heavy atom. The Hall–Kier alpha value is -2.82. The fraction of sp³-hybridized carbons (Fsp3) is 0.133. The van der Waals surface area contributed by atoms with Crippen molar-refractivity contribution in [3.63, 3.8) is 0 Å². The van der Waals surface area contributed by atoms with E-state index in [1.54, 1.807) is 30.3 Å². The smallest absolute Gasteiger partial charge is 0.269 e. The SMILES string of the molecule is O=C(CN(Cc1ccccc1)S(=O)(=O)c1ccc([N+](=O)[O-])cc1)NO. The third-order valence-corrected chi connectivity index (χ3v) is 5.14. The number of hydrogen-bond donors (Lipinski definition) is 2. The molecule has 2 aromatic carbocycles. The molecule has 0 fully saturated rings. The molecule has 0 heterocycles. The van der Waals surface area contributed by atoms with Crippen LogP contribution in [0.15, 0.2) is 59.5 Å². The minimum atomic E-state index is -4.11. The minimum absolute atomic E-state index is 0.104. The summed E-state index contributed by atoms with van der Waals surface area (Å²) >= 11 is 0. The largest absolute Gasteiger partial charge is 0.289 e. The highest BCUT2D eigenvalue weighted by atomic mass is 32.2. The van der Waals surface area contributed by atoms with Crippen LogP contribution in [0.3, 0.4) is 0 Å². The zero-order chi connectivity index (χ0) is 18.4. The molecule has 0 saturated carbocycles. The van der Waals surface area contributed by atoms with Gasteiger partial charge in [0.25, 0.3) is 11.6 Å². The van der Waals surface area contributed by atoms with Crippen LogP contribution in [0, 0.1) is 10.1 Å². The maximum absolute atomic E-state index is 12.8. The molecule has 2 rings (SSSR count). The zero-order valence-corrected chi connectivity index (χ0v) is 13.7. The highest BCUT2D eigenvalue weighted by Gasteiger charge is 2.27. The standard InChI is InChI=1S/C15H15N3O6S/c19-15(16-20)11-17(10-12-4-2-1-3-5-12)25(23,24)14-8-6-13(7-9-14)18(21)22/h1-9,20H,10-11H2,(H,16,19). The van der Waals surface area contributed by atoms with Gasteiger partial charge in [-0.25, -0.2) is 13.9 Å². The number of sulfonamides is 1. The van der Waals surface area contributed by atoms with Crippen molar-refractivity contribution in [1.29, 1.82) is 0 Å². The van der Waals surface area contributed by atoms with E-state index in [2.05, 4.69) is 0 Å². The first kappa shape index (κ1) is 18.5. The molecule has 0 saturated heterocycles. The molecule has 2 aromatic rings. The molecule has 10 heteroatoms. The van der Waals surface area contributed by atoms with Crippen molar-refractivity contribution in [3.8, 4) is 0 Å². The van der Waals surface area contributed by atoms with E-state index in [1.807, 2.05) is 0 Å². The lowest BCUT2D eigenvalue weighted by Crippen LogP contribution is -2.39. The van der Waals surface area contributed by atoms with Gasteiger partial charge in [0.05, 0.1) is 16.4 Å². The van der Waals surface area contributed by atoms with Crippen LogP contribution >= 0.6 is 0 Å². The van der Waals surface area contributed by atoms with Gasteiger partial charge in [-0.15, -0.1) is 0 Å².